The minimum Gasteiger partial charge on any atom is -0.430 e. The summed E-state index contributed by atoms with van der Waals surface area (Å²) in [4.78, 5) is 21.9. The zero-order chi connectivity index (χ0) is 16.2. The van der Waals surface area contributed by atoms with E-state index in [1.807, 2.05) is 0 Å². The maximum Gasteiger partial charge on any atom is 0.514 e. The zero-order valence-electron chi connectivity index (χ0n) is 12.6. The molecule has 1 fully saturated rings. The lowest BCUT2D eigenvalue weighted by atomic mass is 10.1. The molecular weight excluding hydrogens is 298 g/mol. The molecule has 0 spiro atoms. The Morgan fingerprint density at radius 1 is 1.17 bits per heavy atom. The number of nitrogens with zero attached hydrogens (tertiary/aromatic N) is 1. The number of carbonyl (C=O) groups is 1. The number of fused-ring (bicyclic) bond motifs is 1. The van der Waals surface area contributed by atoms with Gasteiger partial charge in [-0.05, 0) is 37.1 Å². The normalized spacial score (nSPS) is 25.0. The van der Waals surface area contributed by atoms with Crippen LogP contribution in [-0.2, 0) is 11.3 Å². The van der Waals surface area contributed by atoms with E-state index in [4.69, 9.17) is 9.47 Å². The molecule has 1 saturated carbocycles. The van der Waals surface area contributed by atoms with Crippen molar-refractivity contribution in [1.29, 1.82) is 0 Å². The highest BCUT2D eigenvalue weighted by atomic mass is 16.7. The molecule has 2 aliphatic carbocycles. The molecule has 6 heteroatoms. The van der Waals surface area contributed by atoms with Crippen LogP contribution in [0.25, 0.3) is 0 Å². The van der Waals surface area contributed by atoms with Crippen LogP contribution in [0.3, 0.4) is 0 Å². The summed E-state index contributed by atoms with van der Waals surface area (Å²) in [5, 5.41) is 10.4. The number of carbonyl (C=O) groups excluding carboxylic acids is 1. The predicted molar refractivity (Wildman–Crippen MR) is 81.3 cm³/mol. The Morgan fingerprint density at radius 2 is 1.78 bits per heavy atom. The van der Waals surface area contributed by atoms with Crippen LogP contribution in [0.2, 0.25) is 0 Å². The maximum atomic E-state index is 11.9. The third-order valence-corrected chi connectivity index (χ3v) is 4.25. The van der Waals surface area contributed by atoms with Gasteiger partial charge in [0.25, 0.3) is 0 Å². The van der Waals surface area contributed by atoms with Gasteiger partial charge in [-0.15, -0.1) is 11.8 Å². The first kappa shape index (κ1) is 15.3. The third-order valence-electron chi connectivity index (χ3n) is 4.25. The molecule has 3 atom stereocenters. The fourth-order valence-corrected chi connectivity index (χ4v) is 3.04. The Bertz CT molecular complexity index is 640. The van der Waals surface area contributed by atoms with E-state index in [-0.39, 0.29) is 12.6 Å². The summed E-state index contributed by atoms with van der Waals surface area (Å²) < 4.78 is 10.5. The van der Waals surface area contributed by atoms with Crippen LogP contribution in [-0.4, -0.2) is 17.2 Å². The minimum absolute atomic E-state index is 0.0713. The van der Waals surface area contributed by atoms with Gasteiger partial charge in [0.2, 0.25) is 6.54 Å². The second-order valence-corrected chi connectivity index (χ2v) is 5.83. The van der Waals surface area contributed by atoms with E-state index in [2.05, 4.69) is 11.8 Å². The summed E-state index contributed by atoms with van der Waals surface area (Å²) in [6.45, 7) is -0.252. The van der Waals surface area contributed by atoms with Gasteiger partial charge in [0.05, 0.1) is 0 Å². The highest BCUT2D eigenvalue weighted by Crippen LogP contribution is 2.48. The van der Waals surface area contributed by atoms with Crippen molar-refractivity contribution in [2.45, 2.75) is 38.3 Å². The maximum absolute atomic E-state index is 11.9. The van der Waals surface area contributed by atoms with Crippen LogP contribution in [0.1, 0.15) is 31.2 Å². The van der Waals surface area contributed by atoms with E-state index in [1.54, 1.807) is 12.1 Å². The highest BCUT2D eigenvalue weighted by molar-refractivity contribution is 5.64. The van der Waals surface area contributed by atoms with Crippen molar-refractivity contribution >= 4 is 6.16 Å². The average Bonchev–Trinajstić information content (AvgIpc) is 3.09. The summed E-state index contributed by atoms with van der Waals surface area (Å²) in [5.74, 6) is 7.34. The first-order chi connectivity index (χ1) is 11.1. The molecule has 0 heterocycles. The lowest BCUT2D eigenvalue weighted by molar-refractivity contribution is -0.496. The van der Waals surface area contributed by atoms with Crippen molar-refractivity contribution in [2.75, 3.05) is 0 Å². The summed E-state index contributed by atoms with van der Waals surface area (Å²) >= 11 is 0. The Hall–Kier alpha value is -2.55. The van der Waals surface area contributed by atoms with Gasteiger partial charge in [-0.2, -0.15) is 0 Å². The lowest BCUT2D eigenvalue weighted by Gasteiger charge is -2.06. The summed E-state index contributed by atoms with van der Waals surface area (Å²) in [6, 6.07) is 6.19. The Morgan fingerprint density at radius 3 is 2.35 bits per heavy atom. The van der Waals surface area contributed by atoms with Crippen LogP contribution in [0.15, 0.2) is 24.3 Å². The standard InChI is InChI=1S/C17H17NO5/c19-17(22-13-9-7-12(8-10-13)11-18(20)21)23-16-14-5-3-1-2-4-6-15(14)16/h7-10,14-16H,3-6,11H2/t14-,15+,16?. The van der Waals surface area contributed by atoms with E-state index in [0.29, 0.717) is 23.1 Å². The Balaban J connectivity index is 1.49. The lowest BCUT2D eigenvalue weighted by Crippen LogP contribution is -2.13. The molecule has 0 N–H and O–H groups in total. The summed E-state index contributed by atoms with van der Waals surface area (Å²) in [7, 11) is 0. The SMILES string of the molecule is O=C(Oc1ccc(C[N+](=O)[O-])cc1)OC1[C@H]2CCC#CCC[C@@H]12. The molecule has 3 rings (SSSR count). The van der Waals surface area contributed by atoms with Crippen LogP contribution in [0.4, 0.5) is 4.79 Å². The molecule has 0 radical (unpaired) electrons. The molecule has 1 aromatic rings. The Kier molecular flexibility index (Phi) is 4.47. The molecule has 120 valence electrons. The van der Waals surface area contributed by atoms with Gasteiger partial charge < -0.3 is 9.47 Å². The third kappa shape index (κ3) is 4.01. The van der Waals surface area contributed by atoms with E-state index in [9.17, 15) is 14.9 Å². The van der Waals surface area contributed by atoms with E-state index in [0.717, 1.165) is 25.7 Å². The molecule has 0 aliphatic heterocycles. The number of ether oxygens (including phenoxy) is 2. The first-order valence-electron chi connectivity index (χ1n) is 7.68. The molecule has 0 aromatic heterocycles. The van der Waals surface area contributed by atoms with Gasteiger partial charge in [0, 0.05) is 35.2 Å². The van der Waals surface area contributed by atoms with Crippen molar-refractivity contribution < 1.29 is 19.2 Å². The summed E-state index contributed by atoms with van der Waals surface area (Å²) in [6.07, 6.45) is 2.85. The van der Waals surface area contributed by atoms with Gasteiger partial charge in [0.1, 0.15) is 11.9 Å². The Labute approximate surface area is 133 Å². The van der Waals surface area contributed by atoms with Crippen molar-refractivity contribution in [3.05, 3.63) is 39.9 Å². The molecular formula is C17H17NO5. The van der Waals surface area contributed by atoms with Gasteiger partial charge >= 0.3 is 6.16 Å². The molecule has 6 nitrogen and oxygen atoms in total. The second-order valence-electron chi connectivity index (χ2n) is 5.83. The molecule has 23 heavy (non-hydrogen) atoms. The van der Waals surface area contributed by atoms with E-state index < -0.39 is 11.1 Å². The predicted octanol–water partition coefficient (Wildman–Crippen LogP) is 3.17. The largest absolute Gasteiger partial charge is 0.514 e. The molecule has 1 aromatic carbocycles. The number of hydrogen-bond acceptors (Lipinski definition) is 5. The fourth-order valence-electron chi connectivity index (χ4n) is 3.04. The van der Waals surface area contributed by atoms with Crippen LogP contribution < -0.4 is 4.74 Å². The minimum atomic E-state index is -0.718. The number of hydrogen-bond donors (Lipinski definition) is 0. The van der Waals surface area contributed by atoms with E-state index in [1.165, 1.54) is 12.1 Å². The molecule has 0 amide bonds. The van der Waals surface area contributed by atoms with Gasteiger partial charge in [-0.3, -0.25) is 10.1 Å². The second kappa shape index (κ2) is 6.69. The van der Waals surface area contributed by atoms with Gasteiger partial charge in [-0.1, -0.05) is 0 Å². The molecule has 1 unspecified atom stereocenters. The van der Waals surface area contributed by atoms with Crippen molar-refractivity contribution in [2.24, 2.45) is 11.8 Å². The quantitative estimate of drug-likeness (QED) is 0.280. The van der Waals surface area contributed by atoms with Crippen LogP contribution in [0, 0.1) is 33.8 Å². The summed E-state index contributed by atoms with van der Waals surface area (Å²) in [5.41, 5.74) is 0.552. The van der Waals surface area contributed by atoms with Gasteiger partial charge in [-0.25, -0.2) is 4.79 Å². The average molecular weight is 315 g/mol. The zero-order valence-corrected chi connectivity index (χ0v) is 12.6. The molecule has 2 aliphatic rings. The van der Waals surface area contributed by atoms with Crippen molar-refractivity contribution in [3.8, 4) is 17.6 Å². The fraction of sp³-hybridized carbons (Fsp3) is 0.471. The number of benzene rings is 1. The van der Waals surface area contributed by atoms with Gasteiger partial charge in [0.15, 0.2) is 0 Å². The molecule has 0 bridgehead atoms. The smallest absolute Gasteiger partial charge is 0.430 e. The van der Waals surface area contributed by atoms with Crippen molar-refractivity contribution in [1.82, 2.24) is 0 Å². The monoisotopic (exact) mass is 315 g/mol. The van der Waals surface area contributed by atoms with E-state index >= 15 is 0 Å². The number of nitro groups is 1. The molecule has 0 saturated heterocycles. The first-order valence-corrected chi connectivity index (χ1v) is 7.68. The number of rotatable bonds is 4. The van der Waals surface area contributed by atoms with Crippen molar-refractivity contribution in [3.63, 3.8) is 0 Å². The van der Waals surface area contributed by atoms with Crippen LogP contribution >= 0.6 is 0 Å². The topological polar surface area (TPSA) is 78.7 Å². The highest BCUT2D eigenvalue weighted by Gasteiger charge is 2.52. The van der Waals surface area contributed by atoms with Crippen LogP contribution in [0.5, 0.6) is 5.75 Å².